The molecule has 1 saturated heterocycles. The van der Waals surface area contributed by atoms with Crippen molar-refractivity contribution in [1.82, 2.24) is 4.90 Å². The molecule has 3 heteroatoms. The number of carbonyl (C=O) groups is 1. The lowest BCUT2D eigenvalue weighted by molar-refractivity contribution is -0.166. The van der Waals surface area contributed by atoms with Crippen molar-refractivity contribution in [2.75, 3.05) is 20.2 Å². The molecule has 0 radical (unpaired) electrons. The molecule has 0 aromatic heterocycles. The van der Waals surface area contributed by atoms with Crippen molar-refractivity contribution >= 4 is 5.97 Å². The summed E-state index contributed by atoms with van der Waals surface area (Å²) >= 11 is 0. The first-order valence-electron chi connectivity index (χ1n) is 5.09. The number of ether oxygens (including phenoxy) is 1. The van der Waals surface area contributed by atoms with Crippen LogP contribution in [0.25, 0.3) is 0 Å². The van der Waals surface area contributed by atoms with Gasteiger partial charge in [-0.15, -0.1) is 0 Å². The summed E-state index contributed by atoms with van der Waals surface area (Å²) in [5.41, 5.74) is 0.344. The highest BCUT2D eigenvalue weighted by atomic mass is 16.5. The minimum absolute atomic E-state index is 0.164. The van der Waals surface area contributed by atoms with Gasteiger partial charge in [0.1, 0.15) is 12.1 Å². The molecule has 2 rings (SSSR count). The molecule has 1 aliphatic heterocycles. The Hall–Kier alpha value is -1.35. The highest BCUT2D eigenvalue weighted by Gasteiger charge is 2.43. The van der Waals surface area contributed by atoms with E-state index in [4.69, 9.17) is 4.74 Å². The largest absolute Gasteiger partial charge is 0.463 e. The first-order chi connectivity index (χ1) is 7.15. The fourth-order valence-electron chi connectivity index (χ4n) is 1.90. The smallest absolute Gasteiger partial charge is 0.330 e. The van der Waals surface area contributed by atoms with Gasteiger partial charge in [0.15, 0.2) is 0 Å². The van der Waals surface area contributed by atoms with Crippen molar-refractivity contribution in [3.8, 4) is 0 Å². The Morgan fingerprint density at radius 3 is 2.60 bits per heavy atom. The fraction of sp³-hybridized carbons (Fsp3) is 0.417. The van der Waals surface area contributed by atoms with Gasteiger partial charge in [0.05, 0.1) is 0 Å². The fourth-order valence-corrected chi connectivity index (χ4v) is 1.90. The SMILES string of the molecule is CN1CCOC(=O)[C@]1(C)c1ccccc1. The number of rotatable bonds is 1. The number of hydrogen-bond donors (Lipinski definition) is 0. The number of hydrogen-bond acceptors (Lipinski definition) is 3. The predicted octanol–water partition coefficient (Wildman–Crippen LogP) is 1.39. The Bertz CT molecular complexity index is 363. The summed E-state index contributed by atoms with van der Waals surface area (Å²) in [7, 11) is 1.95. The lowest BCUT2D eigenvalue weighted by atomic mass is 9.89. The van der Waals surface area contributed by atoms with Gasteiger partial charge in [0.2, 0.25) is 0 Å². The molecular weight excluding hydrogens is 190 g/mol. The Kier molecular flexibility index (Phi) is 2.49. The number of benzene rings is 1. The maximum absolute atomic E-state index is 11.9. The van der Waals surface area contributed by atoms with E-state index >= 15 is 0 Å². The average Bonchev–Trinajstić information content (AvgIpc) is 2.27. The van der Waals surface area contributed by atoms with Gasteiger partial charge in [0, 0.05) is 6.54 Å². The molecule has 0 N–H and O–H groups in total. The normalized spacial score (nSPS) is 27.5. The number of likely N-dealkylation sites (N-methyl/N-ethyl adjacent to an activating group) is 1. The van der Waals surface area contributed by atoms with Gasteiger partial charge >= 0.3 is 5.97 Å². The Labute approximate surface area is 89.7 Å². The number of nitrogens with zero attached hydrogens (tertiary/aromatic N) is 1. The Morgan fingerprint density at radius 1 is 1.33 bits per heavy atom. The molecule has 0 bridgehead atoms. The van der Waals surface area contributed by atoms with Crippen LogP contribution in [0.2, 0.25) is 0 Å². The second-order valence-electron chi connectivity index (χ2n) is 4.00. The lowest BCUT2D eigenvalue weighted by Crippen LogP contribution is -2.53. The van der Waals surface area contributed by atoms with E-state index in [-0.39, 0.29) is 5.97 Å². The van der Waals surface area contributed by atoms with Gasteiger partial charge in [-0.2, -0.15) is 0 Å². The van der Waals surface area contributed by atoms with Gasteiger partial charge in [-0.05, 0) is 19.5 Å². The van der Waals surface area contributed by atoms with Crippen LogP contribution in [0.15, 0.2) is 30.3 Å². The quantitative estimate of drug-likeness (QED) is 0.649. The second-order valence-corrected chi connectivity index (χ2v) is 4.00. The topological polar surface area (TPSA) is 29.5 Å². The zero-order chi connectivity index (χ0) is 10.9. The van der Waals surface area contributed by atoms with E-state index in [1.54, 1.807) is 0 Å². The van der Waals surface area contributed by atoms with E-state index in [1.165, 1.54) is 0 Å². The van der Waals surface area contributed by atoms with Crippen molar-refractivity contribution in [3.63, 3.8) is 0 Å². The standard InChI is InChI=1S/C12H15NO2/c1-12(10-6-4-3-5-7-10)11(14)15-9-8-13(12)2/h3-7H,8-9H2,1-2H3/t12-/m0/s1. The van der Waals surface area contributed by atoms with Crippen LogP contribution in [0.4, 0.5) is 0 Å². The zero-order valence-corrected chi connectivity index (χ0v) is 9.06. The van der Waals surface area contributed by atoms with Crippen LogP contribution in [0.1, 0.15) is 12.5 Å². The summed E-state index contributed by atoms with van der Waals surface area (Å²) in [5, 5.41) is 0. The first kappa shape index (κ1) is 10.2. The van der Waals surface area contributed by atoms with Gasteiger partial charge in [-0.3, -0.25) is 4.90 Å². The van der Waals surface area contributed by atoms with Gasteiger partial charge < -0.3 is 4.74 Å². The molecule has 0 unspecified atom stereocenters. The number of carbonyl (C=O) groups excluding carboxylic acids is 1. The first-order valence-corrected chi connectivity index (χ1v) is 5.09. The molecule has 1 aromatic carbocycles. The van der Waals surface area contributed by atoms with E-state index < -0.39 is 5.54 Å². The van der Waals surface area contributed by atoms with Crippen molar-refractivity contribution in [1.29, 1.82) is 0 Å². The molecule has 0 spiro atoms. The lowest BCUT2D eigenvalue weighted by Gasteiger charge is -2.40. The van der Waals surface area contributed by atoms with Crippen LogP contribution in [0.5, 0.6) is 0 Å². The van der Waals surface area contributed by atoms with Crippen LogP contribution in [0.3, 0.4) is 0 Å². The van der Waals surface area contributed by atoms with Gasteiger partial charge in [-0.25, -0.2) is 4.79 Å². The maximum Gasteiger partial charge on any atom is 0.330 e. The summed E-state index contributed by atoms with van der Waals surface area (Å²) in [4.78, 5) is 13.9. The highest BCUT2D eigenvalue weighted by molar-refractivity contribution is 5.82. The van der Waals surface area contributed by atoms with E-state index in [0.29, 0.717) is 6.61 Å². The minimum Gasteiger partial charge on any atom is -0.463 e. The van der Waals surface area contributed by atoms with Crippen molar-refractivity contribution in [3.05, 3.63) is 35.9 Å². The molecule has 80 valence electrons. The summed E-state index contributed by atoms with van der Waals surface area (Å²) in [6.07, 6.45) is 0. The second kappa shape index (κ2) is 3.66. The molecule has 0 saturated carbocycles. The molecule has 15 heavy (non-hydrogen) atoms. The van der Waals surface area contributed by atoms with E-state index in [9.17, 15) is 4.79 Å². The van der Waals surface area contributed by atoms with Crippen LogP contribution >= 0.6 is 0 Å². The summed E-state index contributed by atoms with van der Waals surface area (Å²) < 4.78 is 5.14. The molecule has 0 amide bonds. The Morgan fingerprint density at radius 2 is 2.00 bits per heavy atom. The number of cyclic esters (lactones) is 1. The van der Waals surface area contributed by atoms with Crippen molar-refractivity contribution < 1.29 is 9.53 Å². The summed E-state index contributed by atoms with van der Waals surface area (Å²) in [6, 6.07) is 9.75. The molecule has 1 atom stereocenters. The van der Waals surface area contributed by atoms with Crippen LogP contribution in [-0.4, -0.2) is 31.1 Å². The predicted molar refractivity (Wildman–Crippen MR) is 57.4 cm³/mol. The third-order valence-corrected chi connectivity index (χ3v) is 3.16. The van der Waals surface area contributed by atoms with Crippen LogP contribution in [0, 0.1) is 0 Å². The third kappa shape index (κ3) is 1.53. The van der Waals surface area contributed by atoms with Crippen molar-refractivity contribution in [2.24, 2.45) is 0 Å². The van der Waals surface area contributed by atoms with E-state index in [1.807, 2.05) is 49.2 Å². The molecule has 0 aliphatic carbocycles. The molecule has 1 heterocycles. The Balaban J connectivity index is 2.43. The van der Waals surface area contributed by atoms with Crippen molar-refractivity contribution in [2.45, 2.75) is 12.5 Å². The third-order valence-electron chi connectivity index (χ3n) is 3.16. The molecule has 3 nitrogen and oxygen atoms in total. The monoisotopic (exact) mass is 205 g/mol. The maximum atomic E-state index is 11.9. The average molecular weight is 205 g/mol. The zero-order valence-electron chi connectivity index (χ0n) is 9.06. The summed E-state index contributed by atoms with van der Waals surface area (Å²) in [5.74, 6) is -0.164. The van der Waals surface area contributed by atoms with E-state index in [0.717, 1.165) is 12.1 Å². The molecule has 1 fully saturated rings. The summed E-state index contributed by atoms with van der Waals surface area (Å²) in [6.45, 7) is 3.17. The highest BCUT2D eigenvalue weighted by Crippen LogP contribution is 2.30. The van der Waals surface area contributed by atoms with Crippen LogP contribution in [-0.2, 0) is 15.1 Å². The molecular formula is C12H15NO2. The van der Waals surface area contributed by atoms with Crippen LogP contribution < -0.4 is 0 Å². The molecule has 1 aromatic rings. The molecule has 1 aliphatic rings. The van der Waals surface area contributed by atoms with Gasteiger partial charge in [-0.1, -0.05) is 30.3 Å². The minimum atomic E-state index is -0.639. The number of morpholine rings is 1. The van der Waals surface area contributed by atoms with E-state index in [2.05, 4.69) is 0 Å². The van der Waals surface area contributed by atoms with Gasteiger partial charge in [0.25, 0.3) is 0 Å². The number of esters is 1.